The van der Waals surface area contributed by atoms with Crippen molar-refractivity contribution < 1.29 is 33.1 Å². The van der Waals surface area contributed by atoms with Gasteiger partial charge in [-0.15, -0.1) is 0 Å². The topological polar surface area (TPSA) is 147 Å². The highest BCUT2D eigenvalue weighted by Gasteiger charge is 2.26. The van der Waals surface area contributed by atoms with Crippen LogP contribution in [0.5, 0.6) is 0 Å². The maximum Gasteiger partial charge on any atom is 0.267 e. The van der Waals surface area contributed by atoms with Gasteiger partial charge in [0.2, 0.25) is 0 Å². The van der Waals surface area contributed by atoms with E-state index >= 15 is 0 Å². The third-order valence-corrected chi connectivity index (χ3v) is 3.75. The van der Waals surface area contributed by atoms with Crippen molar-refractivity contribution >= 4 is 27.6 Å². The molecular formula is C13H27ClN2O7S. The van der Waals surface area contributed by atoms with E-state index in [1.807, 2.05) is 0 Å². The molecule has 0 fully saturated rings. The highest BCUT2D eigenvalue weighted by molar-refractivity contribution is 7.85. The Kier molecular flexibility index (Phi) is 13.4. The van der Waals surface area contributed by atoms with Crippen LogP contribution in [0.4, 0.5) is 0 Å². The molecule has 0 aromatic carbocycles. The van der Waals surface area contributed by atoms with Crippen LogP contribution in [0, 0.1) is 0 Å². The Morgan fingerprint density at radius 2 is 1.50 bits per heavy atom. The molecular weight excluding hydrogens is 364 g/mol. The maximum atomic E-state index is 11.0. The highest BCUT2D eigenvalue weighted by Crippen LogP contribution is 2.08. The van der Waals surface area contributed by atoms with E-state index in [2.05, 4.69) is 11.9 Å². The second-order valence-corrected chi connectivity index (χ2v) is 7.39. The monoisotopic (exact) mass is 390 g/mol. The fraction of sp³-hybridized carbons (Fsp3) is 0.769. The van der Waals surface area contributed by atoms with Crippen molar-refractivity contribution in [1.29, 1.82) is 0 Å². The summed E-state index contributed by atoms with van der Waals surface area (Å²) in [5, 5.41) is 27.5. The molecule has 1 amide bonds. The van der Waals surface area contributed by atoms with Crippen LogP contribution in [0.25, 0.3) is 0 Å². The maximum absolute atomic E-state index is 11.0. The van der Waals surface area contributed by atoms with Crippen LogP contribution in [-0.2, 0) is 14.9 Å². The summed E-state index contributed by atoms with van der Waals surface area (Å²) in [6.07, 6.45) is 0. The summed E-state index contributed by atoms with van der Waals surface area (Å²) in [7, 11) is -4.14. The number of carbonyl (C=O) groups excluding carboxylic acids is 1. The molecule has 0 heterocycles. The number of hydrogen-bond donors (Lipinski definition) is 5. The van der Waals surface area contributed by atoms with Crippen molar-refractivity contribution in [2.24, 2.45) is 0 Å². The van der Waals surface area contributed by atoms with E-state index < -0.39 is 27.3 Å². The van der Waals surface area contributed by atoms with Crippen LogP contribution in [0.2, 0.25) is 0 Å². The molecule has 5 N–H and O–H groups in total. The van der Waals surface area contributed by atoms with Gasteiger partial charge >= 0.3 is 0 Å². The van der Waals surface area contributed by atoms with E-state index in [1.54, 1.807) is 4.90 Å². The zero-order valence-corrected chi connectivity index (χ0v) is 15.5. The first kappa shape index (κ1) is 25.5. The molecule has 24 heavy (non-hydrogen) atoms. The van der Waals surface area contributed by atoms with E-state index in [1.165, 1.54) is 13.8 Å². The van der Waals surface area contributed by atoms with Gasteiger partial charge in [0.1, 0.15) is 0 Å². The Balaban J connectivity index is 0. The number of hydrogen-bond acceptors (Lipinski definition) is 7. The van der Waals surface area contributed by atoms with Gasteiger partial charge in [0.25, 0.3) is 16.0 Å². The van der Waals surface area contributed by atoms with Crippen molar-refractivity contribution in [1.82, 2.24) is 10.2 Å². The minimum absolute atomic E-state index is 0.0694. The minimum Gasteiger partial charge on any atom is -0.395 e. The molecule has 11 heteroatoms. The van der Waals surface area contributed by atoms with Crippen molar-refractivity contribution in [2.45, 2.75) is 19.4 Å². The van der Waals surface area contributed by atoms with Crippen LogP contribution in [0.15, 0.2) is 11.6 Å². The smallest absolute Gasteiger partial charge is 0.267 e. The quantitative estimate of drug-likeness (QED) is 0.230. The summed E-state index contributed by atoms with van der Waals surface area (Å²) in [6.45, 7) is 7.82. The predicted molar refractivity (Wildman–Crippen MR) is 91.3 cm³/mol. The molecule has 0 aromatic rings. The van der Waals surface area contributed by atoms with Gasteiger partial charge < -0.3 is 20.6 Å². The van der Waals surface area contributed by atoms with Crippen LogP contribution in [0.3, 0.4) is 0 Å². The standard InChI is InChI=1S/C7H12ClNO4S.C6H15NO3/c1-5(8)6(10)9-7(2,3)4-14(11,12)13;8-4-1-7(2-5-9)3-6-10/h1,4H2,2-3H3,(H,9,10)(H,11,12,13);8-10H,1-6H2. The van der Waals surface area contributed by atoms with E-state index in [9.17, 15) is 13.2 Å². The van der Waals surface area contributed by atoms with Crippen molar-refractivity contribution in [2.75, 3.05) is 45.2 Å². The molecule has 0 spiro atoms. The number of aliphatic hydroxyl groups excluding tert-OH is 3. The van der Waals surface area contributed by atoms with Gasteiger partial charge in [-0.2, -0.15) is 8.42 Å². The zero-order chi connectivity index (χ0) is 19.4. The summed E-state index contributed by atoms with van der Waals surface area (Å²) in [6, 6.07) is 0. The largest absolute Gasteiger partial charge is 0.395 e. The summed E-state index contributed by atoms with van der Waals surface area (Å²) < 4.78 is 29.7. The number of halogens is 1. The normalized spacial score (nSPS) is 11.7. The molecule has 0 aliphatic heterocycles. The summed E-state index contributed by atoms with van der Waals surface area (Å²) in [4.78, 5) is 12.8. The molecule has 0 saturated carbocycles. The predicted octanol–water partition coefficient (Wildman–Crippen LogP) is -1.21. The van der Waals surface area contributed by atoms with E-state index in [-0.39, 0.29) is 24.9 Å². The second kappa shape index (κ2) is 12.6. The zero-order valence-electron chi connectivity index (χ0n) is 13.9. The van der Waals surface area contributed by atoms with Gasteiger partial charge in [-0.1, -0.05) is 18.2 Å². The van der Waals surface area contributed by atoms with Crippen LogP contribution >= 0.6 is 11.6 Å². The molecule has 144 valence electrons. The fourth-order valence-electron chi connectivity index (χ4n) is 1.63. The first-order valence-corrected chi connectivity index (χ1v) is 9.04. The summed E-state index contributed by atoms with van der Waals surface area (Å²) in [5.41, 5.74) is -1.09. The first-order valence-electron chi connectivity index (χ1n) is 7.05. The lowest BCUT2D eigenvalue weighted by atomic mass is 10.1. The number of carbonyl (C=O) groups is 1. The Morgan fingerprint density at radius 1 is 1.12 bits per heavy atom. The third kappa shape index (κ3) is 16.1. The van der Waals surface area contributed by atoms with Gasteiger partial charge in [-0.25, -0.2) is 0 Å². The summed E-state index contributed by atoms with van der Waals surface area (Å²) >= 11 is 5.29. The molecule has 0 aliphatic carbocycles. The first-order chi connectivity index (χ1) is 10.9. The van der Waals surface area contributed by atoms with E-state index in [0.717, 1.165) is 0 Å². The molecule has 0 bridgehead atoms. The van der Waals surface area contributed by atoms with Crippen molar-refractivity contribution in [3.05, 3.63) is 11.6 Å². The SMILES string of the molecule is C=C(Cl)C(=O)NC(C)(C)CS(=O)(=O)O.OCCN(CCO)CCO. The van der Waals surface area contributed by atoms with Gasteiger partial charge in [-0.3, -0.25) is 14.2 Å². The Labute approximate surface area is 147 Å². The average Bonchev–Trinajstić information content (AvgIpc) is 2.36. The number of rotatable bonds is 10. The highest BCUT2D eigenvalue weighted by atomic mass is 35.5. The molecule has 0 aliphatic rings. The Bertz CT molecular complexity index is 468. The third-order valence-electron chi connectivity index (χ3n) is 2.49. The average molecular weight is 391 g/mol. The van der Waals surface area contributed by atoms with Gasteiger partial charge in [0.15, 0.2) is 0 Å². The van der Waals surface area contributed by atoms with E-state index in [0.29, 0.717) is 19.6 Å². The van der Waals surface area contributed by atoms with E-state index in [4.69, 9.17) is 31.5 Å². The second-order valence-electron chi connectivity index (χ2n) is 5.48. The fourth-order valence-corrected chi connectivity index (χ4v) is 2.66. The molecule has 0 atom stereocenters. The number of aliphatic hydroxyl groups is 3. The molecule has 9 nitrogen and oxygen atoms in total. The number of nitrogens with zero attached hydrogens (tertiary/aromatic N) is 1. The number of nitrogens with one attached hydrogen (secondary N) is 1. The van der Waals surface area contributed by atoms with Crippen LogP contribution in [0.1, 0.15) is 13.8 Å². The molecule has 0 unspecified atom stereocenters. The van der Waals surface area contributed by atoms with Gasteiger partial charge in [0, 0.05) is 19.6 Å². The van der Waals surface area contributed by atoms with Crippen LogP contribution in [-0.4, -0.2) is 89.8 Å². The molecule has 0 rings (SSSR count). The molecule has 0 aromatic heterocycles. The van der Waals surface area contributed by atoms with Crippen LogP contribution < -0.4 is 5.32 Å². The Morgan fingerprint density at radius 3 is 1.75 bits per heavy atom. The summed E-state index contributed by atoms with van der Waals surface area (Å²) in [5.74, 6) is -1.25. The lowest BCUT2D eigenvalue weighted by Gasteiger charge is -2.24. The lowest BCUT2D eigenvalue weighted by molar-refractivity contribution is -0.118. The molecule has 0 saturated heterocycles. The minimum atomic E-state index is -4.14. The lowest BCUT2D eigenvalue weighted by Crippen LogP contribution is -2.48. The van der Waals surface area contributed by atoms with Gasteiger partial charge in [0.05, 0.1) is 36.1 Å². The number of amides is 1. The molecule has 0 radical (unpaired) electrons. The van der Waals surface area contributed by atoms with Crippen molar-refractivity contribution in [3.63, 3.8) is 0 Å². The Hall–Kier alpha value is -0.750. The van der Waals surface area contributed by atoms with Gasteiger partial charge in [-0.05, 0) is 13.8 Å². The van der Waals surface area contributed by atoms with Crippen molar-refractivity contribution in [3.8, 4) is 0 Å².